The van der Waals surface area contributed by atoms with E-state index in [9.17, 15) is 17.4 Å². The molecule has 2 atom stereocenters. The summed E-state index contributed by atoms with van der Waals surface area (Å²) in [6.07, 6.45) is -2.38. The fraction of sp³-hybridized carbons (Fsp3) is 0.429. The lowest BCUT2D eigenvalue weighted by Crippen LogP contribution is -2.11. The first kappa shape index (κ1) is 21.6. The largest absolute Gasteiger partial charge is 0.457 e. The predicted octanol–water partition coefficient (Wildman–Crippen LogP) is 5.92. The summed E-state index contributed by atoms with van der Waals surface area (Å²) in [6.45, 7) is 1.88. The molecular formula is C21H23F3O4S. The maximum absolute atomic E-state index is 12.1. The van der Waals surface area contributed by atoms with Gasteiger partial charge in [-0.3, -0.25) is 4.18 Å². The Morgan fingerprint density at radius 2 is 1.86 bits per heavy atom. The lowest BCUT2D eigenvalue weighted by atomic mass is 10.0. The predicted molar refractivity (Wildman–Crippen MR) is 104 cm³/mol. The molecule has 0 spiro atoms. The third-order valence-corrected chi connectivity index (χ3v) is 5.48. The van der Waals surface area contributed by atoms with Crippen molar-refractivity contribution >= 4 is 11.4 Å². The van der Waals surface area contributed by atoms with Crippen molar-refractivity contribution in [1.29, 1.82) is 0 Å². The molecule has 158 valence electrons. The Kier molecular flexibility index (Phi) is 7.18. The van der Waals surface area contributed by atoms with E-state index in [0.717, 1.165) is 25.0 Å². The highest BCUT2D eigenvalue weighted by Crippen LogP contribution is 2.37. The quantitative estimate of drug-likeness (QED) is 0.465. The monoisotopic (exact) mass is 428 g/mol. The molecule has 1 aliphatic carbocycles. The van der Waals surface area contributed by atoms with E-state index in [4.69, 9.17) is 13.1 Å². The summed E-state index contributed by atoms with van der Waals surface area (Å²) < 4.78 is 64.0. The van der Waals surface area contributed by atoms with Gasteiger partial charge in [-0.2, -0.15) is 17.4 Å². The van der Waals surface area contributed by atoms with Crippen LogP contribution in [0.2, 0.25) is 0 Å². The molecule has 29 heavy (non-hydrogen) atoms. The normalized spacial score (nSPS) is 17.0. The maximum Gasteiger partial charge on any atom is 0.389 e. The Morgan fingerprint density at radius 3 is 2.62 bits per heavy atom. The van der Waals surface area contributed by atoms with Gasteiger partial charge in [0.25, 0.3) is 0 Å². The topological polar surface area (TPSA) is 44.8 Å². The fourth-order valence-electron chi connectivity index (χ4n) is 3.31. The van der Waals surface area contributed by atoms with Crippen LogP contribution in [0, 0.1) is 5.92 Å². The molecule has 0 N–H and O–H groups in total. The van der Waals surface area contributed by atoms with Gasteiger partial charge in [0.15, 0.2) is 0 Å². The molecule has 4 nitrogen and oxygen atoms in total. The molecule has 0 saturated carbocycles. The molecule has 2 unspecified atom stereocenters. The molecular weight excluding hydrogens is 405 g/mol. The van der Waals surface area contributed by atoms with Crippen LogP contribution in [0.1, 0.15) is 37.3 Å². The number of benzene rings is 2. The third kappa shape index (κ3) is 6.47. The molecule has 3 rings (SSSR count). The van der Waals surface area contributed by atoms with Crippen molar-refractivity contribution in [2.75, 3.05) is 6.61 Å². The first-order chi connectivity index (χ1) is 13.8. The number of hydrogen-bond acceptors (Lipinski definition) is 4. The van der Waals surface area contributed by atoms with Crippen LogP contribution in [0.15, 0.2) is 42.5 Å². The van der Waals surface area contributed by atoms with E-state index in [1.165, 1.54) is 11.1 Å². The van der Waals surface area contributed by atoms with E-state index >= 15 is 0 Å². The van der Waals surface area contributed by atoms with Crippen molar-refractivity contribution in [3.63, 3.8) is 0 Å². The van der Waals surface area contributed by atoms with Crippen molar-refractivity contribution in [2.24, 2.45) is 5.92 Å². The zero-order chi connectivity index (χ0) is 20.9. The van der Waals surface area contributed by atoms with Gasteiger partial charge in [-0.15, -0.1) is 0 Å². The van der Waals surface area contributed by atoms with Gasteiger partial charge in [0.2, 0.25) is 0 Å². The van der Waals surface area contributed by atoms with E-state index in [0.29, 0.717) is 11.7 Å². The summed E-state index contributed by atoms with van der Waals surface area (Å²) in [5, 5.41) is 0. The highest BCUT2D eigenvalue weighted by Gasteiger charge is 2.26. The Labute approximate surface area is 170 Å². The van der Waals surface area contributed by atoms with Crippen molar-refractivity contribution < 1.29 is 30.5 Å². The number of hydrogen-bond donors (Lipinski definition) is 0. The summed E-state index contributed by atoms with van der Waals surface area (Å²) >= 11 is -2.18. The van der Waals surface area contributed by atoms with Gasteiger partial charge >= 0.3 is 17.5 Å². The number of fused-ring (bicyclic) bond motifs is 1. The average molecular weight is 428 g/mol. The Balaban J connectivity index is 1.57. The Bertz CT molecular complexity index is 854. The summed E-state index contributed by atoms with van der Waals surface area (Å²) in [6, 6.07) is 12.6. The number of halogens is 3. The molecule has 0 amide bonds. The number of alkyl halides is 3. The maximum atomic E-state index is 12.1. The lowest BCUT2D eigenvalue weighted by Gasteiger charge is -2.12. The van der Waals surface area contributed by atoms with Gasteiger partial charge in [0, 0.05) is 12.5 Å². The molecule has 0 fully saturated rings. The molecule has 1 aliphatic rings. The van der Waals surface area contributed by atoms with Crippen molar-refractivity contribution in [1.82, 2.24) is 0 Å². The van der Waals surface area contributed by atoms with Gasteiger partial charge in [0.05, 0.1) is 6.61 Å². The molecule has 2 aromatic rings. The van der Waals surface area contributed by atoms with Crippen LogP contribution in [0.4, 0.5) is 13.2 Å². The third-order valence-electron chi connectivity index (χ3n) is 4.79. The molecule has 0 bridgehead atoms. The SMILES string of the molecule is CCC1Cc2cccc(Oc3cccc(OS(=O)OCCCC(F)(F)F)c3)c2C1. The summed E-state index contributed by atoms with van der Waals surface area (Å²) in [4.78, 5) is 0. The van der Waals surface area contributed by atoms with Crippen molar-refractivity contribution in [3.8, 4) is 17.2 Å². The highest BCUT2D eigenvalue weighted by molar-refractivity contribution is 7.75. The van der Waals surface area contributed by atoms with E-state index in [-0.39, 0.29) is 18.8 Å². The molecule has 0 heterocycles. The van der Waals surface area contributed by atoms with Crippen LogP contribution in [-0.4, -0.2) is 17.0 Å². The van der Waals surface area contributed by atoms with Crippen molar-refractivity contribution in [3.05, 3.63) is 53.6 Å². The van der Waals surface area contributed by atoms with Crippen LogP contribution in [0.5, 0.6) is 17.2 Å². The zero-order valence-electron chi connectivity index (χ0n) is 16.0. The van der Waals surface area contributed by atoms with Crippen LogP contribution in [0.25, 0.3) is 0 Å². The van der Waals surface area contributed by atoms with Gasteiger partial charge in [-0.05, 0) is 54.5 Å². The second kappa shape index (κ2) is 9.63. The van der Waals surface area contributed by atoms with Crippen LogP contribution in [-0.2, 0) is 28.4 Å². The summed E-state index contributed by atoms with van der Waals surface area (Å²) in [5.74, 6) is 2.18. The Hall–Kier alpha value is -2.06. The lowest BCUT2D eigenvalue weighted by molar-refractivity contribution is -0.136. The summed E-state index contributed by atoms with van der Waals surface area (Å²) in [7, 11) is 0. The molecule has 0 radical (unpaired) electrons. The number of rotatable bonds is 9. The minimum Gasteiger partial charge on any atom is -0.457 e. The second-order valence-electron chi connectivity index (χ2n) is 6.98. The smallest absolute Gasteiger partial charge is 0.389 e. The first-order valence-electron chi connectivity index (χ1n) is 9.53. The molecule has 0 aliphatic heterocycles. The van der Waals surface area contributed by atoms with Gasteiger partial charge in [0.1, 0.15) is 17.2 Å². The van der Waals surface area contributed by atoms with Crippen LogP contribution < -0.4 is 8.92 Å². The molecule has 2 aromatic carbocycles. The van der Waals surface area contributed by atoms with Gasteiger partial charge in [-0.1, -0.05) is 31.5 Å². The molecule has 8 heteroatoms. The van der Waals surface area contributed by atoms with Crippen LogP contribution >= 0.6 is 0 Å². The Morgan fingerprint density at radius 1 is 1.10 bits per heavy atom. The highest BCUT2D eigenvalue weighted by atomic mass is 32.2. The van der Waals surface area contributed by atoms with E-state index in [1.54, 1.807) is 24.3 Å². The van der Waals surface area contributed by atoms with E-state index in [1.807, 2.05) is 12.1 Å². The minimum absolute atomic E-state index is 0.246. The summed E-state index contributed by atoms with van der Waals surface area (Å²) in [5.41, 5.74) is 2.51. The first-order valence-corrected chi connectivity index (χ1v) is 10.5. The second-order valence-corrected chi connectivity index (χ2v) is 7.79. The van der Waals surface area contributed by atoms with E-state index < -0.39 is 24.0 Å². The zero-order valence-corrected chi connectivity index (χ0v) is 16.9. The minimum atomic E-state index is -4.26. The van der Waals surface area contributed by atoms with Crippen molar-refractivity contribution in [2.45, 2.75) is 45.2 Å². The number of ether oxygens (including phenoxy) is 1. The fourth-order valence-corrected chi connectivity index (χ4v) is 3.87. The van der Waals surface area contributed by atoms with Gasteiger partial charge in [-0.25, -0.2) is 0 Å². The molecule has 0 aromatic heterocycles. The average Bonchev–Trinajstić information content (AvgIpc) is 3.09. The molecule has 0 saturated heterocycles. The van der Waals surface area contributed by atoms with E-state index in [2.05, 4.69) is 13.0 Å². The van der Waals surface area contributed by atoms with Gasteiger partial charge < -0.3 is 8.92 Å². The van der Waals surface area contributed by atoms with Crippen LogP contribution in [0.3, 0.4) is 0 Å². The standard InChI is InChI=1S/C21H23F3O4S/c1-2-15-12-16-6-3-9-20(19(16)13-15)27-17-7-4-8-18(14-17)28-29(25)26-11-5-10-21(22,23)24/h3-4,6-9,14-15H,2,5,10-13H2,1H3.